The summed E-state index contributed by atoms with van der Waals surface area (Å²) in [5.41, 5.74) is 1.88. The molecule has 1 aromatic rings. The maximum absolute atomic E-state index is 11.4. The first kappa shape index (κ1) is 13.9. The molecule has 104 valence electrons. The molecule has 1 aliphatic heterocycles. The van der Waals surface area contributed by atoms with Gasteiger partial charge in [0.05, 0.1) is 4.92 Å². The van der Waals surface area contributed by atoms with E-state index in [1.54, 1.807) is 6.07 Å². The van der Waals surface area contributed by atoms with Crippen molar-refractivity contribution in [3.63, 3.8) is 0 Å². The molecule has 0 radical (unpaired) electrons. The van der Waals surface area contributed by atoms with Crippen molar-refractivity contribution in [3.8, 4) is 12.3 Å². The Kier molecular flexibility index (Phi) is 4.20. The van der Waals surface area contributed by atoms with E-state index in [-0.39, 0.29) is 11.6 Å². The lowest BCUT2D eigenvalue weighted by atomic mass is 10.0. The van der Waals surface area contributed by atoms with Gasteiger partial charge >= 0.3 is 0 Å². The van der Waals surface area contributed by atoms with Gasteiger partial charge in [-0.25, -0.2) is 0 Å². The van der Waals surface area contributed by atoms with Crippen LogP contribution in [0.25, 0.3) is 0 Å². The summed E-state index contributed by atoms with van der Waals surface area (Å²) in [4.78, 5) is 22.1. The number of carbonyl (C=O) groups is 1. The van der Waals surface area contributed by atoms with E-state index in [4.69, 9.17) is 6.42 Å². The molecule has 0 aliphatic carbocycles. The van der Waals surface area contributed by atoms with Gasteiger partial charge in [0.2, 0.25) is 5.91 Å². The van der Waals surface area contributed by atoms with Crippen molar-refractivity contribution in [2.75, 3.05) is 17.2 Å². The number of rotatable bonds is 5. The summed E-state index contributed by atoms with van der Waals surface area (Å²) < 4.78 is 0. The van der Waals surface area contributed by atoms with E-state index in [1.165, 1.54) is 6.07 Å². The Morgan fingerprint density at radius 2 is 2.25 bits per heavy atom. The lowest BCUT2D eigenvalue weighted by Crippen LogP contribution is -2.19. The zero-order valence-corrected chi connectivity index (χ0v) is 10.9. The average Bonchev–Trinajstić information content (AvgIpc) is 2.42. The molecule has 1 amide bonds. The summed E-state index contributed by atoms with van der Waals surface area (Å²) in [6.45, 7) is 0.553. The van der Waals surface area contributed by atoms with E-state index in [0.717, 1.165) is 12.0 Å². The summed E-state index contributed by atoms with van der Waals surface area (Å²) in [5, 5.41) is 16.8. The number of nitrogens with one attached hydrogen (secondary N) is 2. The number of carbonyl (C=O) groups excluding carboxylic acids is 1. The molecule has 0 aromatic heterocycles. The summed E-state index contributed by atoms with van der Waals surface area (Å²) in [5.74, 6) is 2.45. The van der Waals surface area contributed by atoms with Crippen LogP contribution in [0, 0.1) is 22.5 Å². The molecule has 0 saturated carbocycles. The van der Waals surface area contributed by atoms with Gasteiger partial charge in [-0.1, -0.05) is 0 Å². The quantitative estimate of drug-likeness (QED) is 0.373. The fourth-order valence-electron chi connectivity index (χ4n) is 2.12. The molecule has 1 aliphatic rings. The highest BCUT2D eigenvalue weighted by atomic mass is 16.6. The van der Waals surface area contributed by atoms with Crippen molar-refractivity contribution in [1.29, 1.82) is 0 Å². The molecule has 1 heterocycles. The van der Waals surface area contributed by atoms with Crippen LogP contribution < -0.4 is 10.6 Å². The van der Waals surface area contributed by atoms with Crippen LogP contribution in [0.1, 0.15) is 24.8 Å². The molecular weight excluding hydrogens is 258 g/mol. The number of hydrogen-bond acceptors (Lipinski definition) is 4. The zero-order chi connectivity index (χ0) is 14.5. The minimum Gasteiger partial charge on any atom is -0.379 e. The summed E-state index contributed by atoms with van der Waals surface area (Å²) >= 11 is 0. The van der Waals surface area contributed by atoms with Gasteiger partial charge in [0.15, 0.2) is 0 Å². The molecule has 0 bridgehead atoms. The largest absolute Gasteiger partial charge is 0.379 e. The number of hydrogen-bond donors (Lipinski definition) is 2. The van der Waals surface area contributed by atoms with Crippen LogP contribution in [0.2, 0.25) is 0 Å². The first-order valence-electron chi connectivity index (χ1n) is 6.40. The van der Waals surface area contributed by atoms with Gasteiger partial charge in [0, 0.05) is 31.1 Å². The standard InChI is InChI=1S/C14H15N3O3/c1-2-3-4-7-15-12-9-11-10(5-6-14(18)16-11)8-13(12)17(19)20/h1,8-9,15H,3-7H2,(H,16,18). The second-order valence-electron chi connectivity index (χ2n) is 4.57. The lowest BCUT2D eigenvalue weighted by Gasteiger charge is -2.18. The molecule has 0 unspecified atom stereocenters. The number of nitrogens with zero attached hydrogens (tertiary/aromatic N) is 1. The number of nitro groups is 1. The van der Waals surface area contributed by atoms with Gasteiger partial charge in [-0.2, -0.15) is 0 Å². The SMILES string of the molecule is C#CCCCNc1cc2c(cc1[N+](=O)[O-])CCC(=O)N2. The van der Waals surface area contributed by atoms with Gasteiger partial charge in [-0.15, -0.1) is 12.3 Å². The van der Waals surface area contributed by atoms with Crippen LogP contribution in [0.5, 0.6) is 0 Å². The van der Waals surface area contributed by atoms with Crippen LogP contribution >= 0.6 is 0 Å². The van der Waals surface area contributed by atoms with Crippen molar-refractivity contribution in [2.45, 2.75) is 25.7 Å². The third-order valence-corrected chi connectivity index (χ3v) is 3.13. The maximum Gasteiger partial charge on any atom is 0.292 e. The summed E-state index contributed by atoms with van der Waals surface area (Å²) in [6.07, 6.45) is 7.39. The highest BCUT2D eigenvalue weighted by Crippen LogP contribution is 2.34. The van der Waals surface area contributed by atoms with Crippen molar-refractivity contribution >= 4 is 23.0 Å². The van der Waals surface area contributed by atoms with Gasteiger partial charge in [0.1, 0.15) is 5.69 Å². The fourth-order valence-corrected chi connectivity index (χ4v) is 2.12. The first-order valence-corrected chi connectivity index (χ1v) is 6.40. The first-order chi connectivity index (χ1) is 9.61. The fraction of sp³-hybridized carbons (Fsp3) is 0.357. The van der Waals surface area contributed by atoms with Crippen LogP contribution in [-0.2, 0) is 11.2 Å². The molecule has 6 nitrogen and oxygen atoms in total. The van der Waals surface area contributed by atoms with Crippen LogP contribution in [0.15, 0.2) is 12.1 Å². The predicted octanol–water partition coefficient (Wildman–Crippen LogP) is 2.30. The average molecular weight is 273 g/mol. The number of anilines is 2. The van der Waals surface area contributed by atoms with Crippen LogP contribution in [-0.4, -0.2) is 17.4 Å². The predicted molar refractivity (Wildman–Crippen MR) is 76.6 cm³/mol. The topological polar surface area (TPSA) is 84.3 Å². The number of aryl methyl sites for hydroxylation is 1. The van der Waals surface area contributed by atoms with Crippen molar-refractivity contribution < 1.29 is 9.72 Å². The van der Waals surface area contributed by atoms with E-state index >= 15 is 0 Å². The summed E-state index contributed by atoms with van der Waals surface area (Å²) in [6, 6.07) is 3.15. The number of amides is 1. The van der Waals surface area contributed by atoms with E-state index in [0.29, 0.717) is 37.2 Å². The van der Waals surface area contributed by atoms with E-state index < -0.39 is 4.92 Å². The van der Waals surface area contributed by atoms with Gasteiger partial charge in [-0.05, 0) is 24.5 Å². The third kappa shape index (κ3) is 3.06. The molecule has 2 rings (SSSR count). The Balaban J connectivity index is 2.24. The maximum atomic E-state index is 11.4. The molecule has 2 N–H and O–H groups in total. The van der Waals surface area contributed by atoms with Crippen molar-refractivity contribution in [1.82, 2.24) is 0 Å². The van der Waals surface area contributed by atoms with E-state index in [2.05, 4.69) is 16.6 Å². The monoisotopic (exact) mass is 273 g/mol. The number of nitro benzene ring substituents is 1. The van der Waals surface area contributed by atoms with E-state index in [1.807, 2.05) is 0 Å². The number of fused-ring (bicyclic) bond motifs is 1. The molecule has 0 atom stereocenters. The smallest absolute Gasteiger partial charge is 0.292 e. The molecule has 0 spiro atoms. The number of benzene rings is 1. The van der Waals surface area contributed by atoms with Gasteiger partial charge in [-0.3, -0.25) is 14.9 Å². The molecule has 20 heavy (non-hydrogen) atoms. The number of unbranched alkanes of at least 4 members (excludes halogenated alkanes) is 1. The normalized spacial score (nSPS) is 13.1. The summed E-state index contributed by atoms with van der Waals surface area (Å²) in [7, 11) is 0. The Morgan fingerprint density at radius 3 is 2.95 bits per heavy atom. The van der Waals surface area contributed by atoms with E-state index in [9.17, 15) is 14.9 Å². The Bertz CT molecular complexity index is 590. The van der Waals surface area contributed by atoms with Gasteiger partial charge in [0.25, 0.3) is 5.69 Å². The number of terminal acetylenes is 1. The minimum absolute atomic E-state index is 0.0283. The van der Waals surface area contributed by atoms with Crippen molar-refractivity contribution in [2.24, 2.45) is 0 Å². The highest BCUT2D eigenvalue weighted by Gasteiger charge is 2.22. The van der Waals surface area contributed by atoms with Crippen LogP contribution in [0.4, 0.5) is 17.1 Å². The molecule has 0 saturated heterocycles. The lowest BCUT2D eigenvalue weighted by molar-refractivity contribution is -0.384. The molecule has 0 fully saturated rings. The second kappa shape index (κ2) is 6.06. The second-order valence-corrected chi connectivity index (χ2v) is 4.57. The molecule has 1 aromatic carbocycles. The zero-order valence-electron chi connectivity index (χ0n) is 10.9. The van der Waals surface area contributed by atoms with Crippen LogP contribution in [0.3, 0.4) is 0 Å². The molecular formula is C14H15N3O3. The Labute approximate surface area is 116 Å². The minimum atomic E-state index is -0.416. The van der Waals surface area contributed by atoms with Crippen molar-refractivity contribution in [3.05, 3.63) is 27.8 Å². The molecule has 6 heteroatoms. The Hall–Kier alpha value is -2.55. The van der Waals surface area contributed by atoms with Gasteiger partial charge < -0.3 is 10.6 Å². The third-order valence-electron chi connectivity index (χ3n) is 3.13. The Morgan fingerprint density at radius 1 is 1.45 bits per heavy atom. The highest BCUT2D eigenvalue weighted by molar-refractivity contribution is 5.95.